The lowest BCUT2D eigenvalue weighted by Crippen LogP contribution is -2.31. The predicted octanol–water partition coefficient (Wildman–Crippen LogP) is 2.57. The molecule has 1 unspecified atom stereocenters. The minimum absolute atomic E-state index is 0.103. The molecule has 1 heterocycles. The Labute approximate surface area is 126 Å². The summed E-state index contributed by atoms with van der Waals surface area (Å²) < 4.78 is 0. The summed E-state index contributed by atoms with van der Waals surface area (Å²) in [4.78, 5) is 27.8. The number of rotatable bonds is 5. The van der Waals surface area contributed by atoms with Gasteiger partial charge in [0.25, 0.3) is 5.91 Å². The Morgan fingerprint density at radius 2 is 2.00 bits per heavy atom. The summed E-state index contributed by atoms with van der Waals surface area (Å²) in [6, 6.07) is 9.63. The van der Waals surface area contributed by atoms with E-state index in [9.17, 15) is 9.59 Å². The first kappa shape index (κ1) is 15.2. The zero-order valence-electron chi connectivity index (χ0n) is 11.8. The van der Waals surface area contributed by atoms with E-state index in [0.29, 0.717) is 10.6 Å². The van der Waals surface area contributed by atoms with Crippen molar-refractivity contribution in [3.8, 4) is 10.6 Å². The van der Waals surface area contributed by atoms with E-state index >= 15 is 0 Å². The molecule has 1 amide bonds. The normalized spacial score (nSPS) is 11.9. The average molecular weight is 304 g/mol. The molecule has 5 nitrogen and oxygen atoms in total. The number of aromatic nitrogens is 1. The largest absolute Gasteiger partial charge is 0.481 e. The second kappa shape index (κ2) is 6.49. The molecule has 2 rings (SSSR count). The van der Waals surface area contributed by atoms with Crippen molar-refractivity contribution in [3.05, 3.63) is 40.9 Å². The topological polar surface area (TPSA) is 79.3 Å². The van der Waals surface area contributed by atoms with Gasteiger partial charge >= 0.3 is 5.97 Å². The highest BCUT2D eigenvalue weighted by molar-refractivity contribution is 7.17. The molecule has 0 saturated heterocycles. The van der Waals surface area contributed by atoms with Crippen molar-refractivity contribution in [3.63, 3.8) is 0 Å². The van der Waals surface area contributed by atoms with E-state index in [1.807, 2.05) is 30.3 Å². The number of thiazole rings is 1. The molecule has 2 N–H and O–H groups in total. The minimum atomic E-state index is -0.929. The second-order valence-corrected chi connectivity index (χ2v) is 5.75. The summed E-state index contributed by atoms with van der Waals surface area (Å²) in [6.07, 6.45) is 0. The molecule has 0 aliphatic heterocycles. The van der Waals surface area contributed by atoms with Crippen molar-refractivity contribution < 1.29 is 14.7 Å². The van der Waals surface area contributed by atoms with E-state index in [1.165, 1.54) is 11.3 Å². The molecular formula is C15H16N2O3S. The third-order valence-electron chi connectivity index (χ3n) is 3.01. The number of benzene rings is 1. The quantitative estimate of drug-likeness (QED) is 0.889. The van der Waals surface area contributed by atoms with Gasteiger partial charge in [0.2, 0.25) is 0 Å². The average Bonchev–Trinajstić information content (AvgIpc) is 2.87. The molecule has 0 aliphatic rings. The van der Waals surface area contributed by atoms with Gasteiger partial charge in [0.1, 0.15) is 9.88 Å². The number of aliphatic carboxylic acids is 1. The van der Waals surface area contributed by atoms with Gasteiger partial charge in [0.05, 0.1) is 11.6 Å². The molecule has 0 aliphatic carbocycles. The molecule has 0 saturated carbocycles. The maximum atomic E-state index is 12.1. The highest BCUT2D eigenvalue weighted by Gasteiger charge is 2.18. The van der Waals surface area contributed by atoms with Crippen LogP contribution in [0.2, 0.25) is 0 Å². The molecule has 0 fully saturated rings. The van der Waals surface area contributed by atoms with Crippen LogP contribution in [-0.2, 0) is 4.79 Å². The lowest BCUT2D eigenvalue weighted by Gasteiger charge is -2.07. The monoisotopic (exact) mass is 304 g/mol. The number of hydrogen-bond donors (Lipinski definition) is 2. The smallest absolute Gasteiger partial charge is 0.308 e. The molecular weight excluding hydrogens is 288 g/mol. The molecule has 1 aromatic carbocycles. The minimum Gasteiger partial charge on any atom is -0.481 e. The Hall–Kier alpha value is -2.21. The summed E-state index contributed by atoms with van der Waals surface area (Å²) in [5, 5.41) is 12.2. The van der Waals surface area contributed by atoms with E-state index in [0.717, 1.165) is 10.6 Å². The van der Waals surface area contributed by atoms with Gasteiger partial charge in [-0.25, -0.2) is 4.98 Å². The Morgan fingerprint density at radius 1 is 1.33 bits per heavy atom. The highest BCUT2D eigenvalue weighted by atomic mass is 32.1. The zero-order chi connectivity index (χ0) is 15.4. The fraction of sp³-hybridized carbons (Fsp3) is 0.267. The molecule has 2 aromatic rings. The Kier molecular flexibility index (Phi) is 4.70. The van der Waals surface area contributed by atoms with Gasteiger partial charge in [-0.1, -0.05) is 37.3 Å². The van der Waals surface area contributed by atoms with E-state index in [-0.39, 0.29) is 12.5 Å². The van der Waals surface area contributed by atoms with Gasteiger partial charge in [0, 0.05) is 12.1 Å². The van der Waals surface area contributed by atoms with E-state index in [4.69, 9.17) is 5.11 Å². The third-order valence-corrected chi connectivity index (χ3v) is 4.22. The number of carbonyl (C=O) groups is 2. The number of carboxylic acids is 1. The van der Waals surface area contributed by atoms with Crippen LogP contribution in [0, 0.1) is 12.8 Å². The van der Waals surface area contributed by atoms with Crippen LogP contribution in [0.4, 0.5) is 0 Å². The molecule has 6 heteroatoms. The zero-order valence-corrected chi connectivity index (χ0v) is 12.6. The van der Waals surface area contributed by atoms with Gasteiger partial charge in [-0.3, -0.25) is 9.59 Å². The van der Waals surface area contributed by atoms with Gasteiger partial charge in [-0.2, -0.15) is 0 Å². The summed E-state index contributed by atoms with van der Waals surface area (Å²) in [5.41, 5.74) is 1.61. The fourth-order valence-corrected chi connectivity index (χ4v) is 2.71. The molecule has 0 radical (unpaired) electrons. The second-order valence-electron chi connectivity index (χ2n) is 4.75. The molecule has 0 bridgehead atoms. The number of amides is 1. The first-order valence-corrected chi connectivity index (χ1v) is 7.34. The fourth-order valence-electron chi connectivity index (χ4n) is 1.72. The van der Waals surface area contributed by atoms with Crippen molar-refractivity contribution >= 4 is 23.2 Å². The van der Waals surface area contributed by atoms with E-state index < -0.39 is 11.9 Å². The third kappa shape index (κ3) is 3.66. The van der Waals surface area contributed by atoms with Crippen LogP contribution in [0.25, 0.3) is 10.6 Å². The summed E-state index contributed by atoms with van der Waals surface area (Å²) in [6.45, 7) is 3.43. The van der Waals surface area contributed by atoms with Crippen molar-refractivity contribution in [1.82, 2.24) is 10.3 Å². The number of hydrogen-bond acceptors (Lipinski definition) is 4. The maximum Gasteiger partial charge on any atom is 0.308 e. The molecule has 21 heavy (non-hydrogen) atoms. The summed E-state index contributed by atoms with van der Waals surface area (Å²) >= 11 is 1.31. The molecule has 0 spiro atoms. The van der Waals surface area contributed by atoms with Gasteiger partial charge in [0.15, 0.2) is 0 Å². The summed E-state index contributed by atoms with van der Waals surface area (Å²) in [7, 11) is 0. The number of nitrogens with one attached hydrogen (secondary N) is 1. The Morgan fingerprint density at radius 3 is 2.62 bits per heavy atom. The number of aryl methyl sites for hydroxylation is 1. The van der Waals surface area contributed by atoms with E-state index in [1.54, 1.807) is 13.8 Å². The first-order chi connectivity index (χ1) is 9.99. The van der Waals surface area contributed by atoms with Gasteiger partial charge in [-0.15, -0.1) is 11.3 Å². The van der Waals surface area contributed by atoms with Crippen LogP contribution in [0.3, 0.4) is 0 Å². The van der Waals surface area contributed by atoms with Crippen molar-refractivity contribution in [2.45, 2.75) is 13.8 Å². The van der Waals surface area contributed by atoms with Crippen LogP contribution in [0.1, 0.15) is 22.3 Å². The van der Waals surface area contributed by atoms with Crippen LogP contribution < -0.4 is 5.32 Å². The van der Waals surface area contributed by atoms with Crippen molar-refractivity contribution in [2.24, 2.45) is 5.92 Å². The number of carbonyl (C=O) groups excluding carboxylic acids is 1. The van der Waals surface area contributed by atoms with Gasteiger partial charge < -0.3 is 10.4 Å². The van der Waals surface area contributed by atoms with Crippen LogP contribution >= 0.6 is 11.3 Å². The first-order valence-electron chi connectivity index (χ1n) is 6.53. The standard InChI is InChI=1S/C15H16N2O3S/c1-9(15(19)20)8-16-13(18)12-10(2)17-14(21-12)11-6-4-3-5-7-11/h3-7,9H,8H2,1-2H3,(H,16,18)(H,19,20). The highest BCUT2D eigenvalue weighted by Crippen LogP contribution is 2.27. The number of carboxylic acid groups (broad SMARTS) is 1. The van der Waals surface area contributed by atoms with Crippen LogP contribution in [0.15, 0.2) is 30.3 Å². The molecule has 110 valence electrons. The van der Waals surface area contributed by atoms with Gasteiger partial charge in [-0.05, 0) is 6.92 Å². The SMILES string of the molecule is Cc1nc(-c2ccccc2)sc1C(=O)NCC(C)C(=O)O. The lowest BCUT2D eigenvalue weighted by atomic mass is 10.2. The van der Waals surface area contributed by atoms with Crippen LogP contribution in [0.5, 0.6) is 0 Å². The van der Waals surface area contributed by atoms with Crippen LogP contribution in [-0.4, -0.2) is 28.5 Å². The number of nitrogens with zero attached hydrogens (tertiary/aromatic N) is 1. The maximum absolute atomic E-state index is 12.1. The van der Waals surface area contributed by atoms with Crippen molar-refractivity contribution in [2.75, 3.05) is 6.54 Å². The molecule has 1 atom stereocenters. The summed E-state index contributed by atoms with van der Waals surface area (Å²) in [5.74, 6) is -1.82. The Balaban J connectivity index is 2.12. The van der Waals surface area contributed by atoms with Crippen molar-refractivity contribution in [1.29, 1.82) is 0 Å². The predicted molar refractivity (Wildman–Crippen MR) is 81.4 cm³/mol. The molecule has 1 aromatic heterocycles. The lowest BCUT2D eigenvalue weighted by molar-refractivity contribution is -0.140. The van der Waals surface area contributed by atoms with E-state index in [2.05, 4.69) is 10.3 Å². The Bertz CT molecular complexity index is 652.